The smallest absolute Gasteiger partial charge is 0.420 e. The molecule has 5 nitrogen and oxygen atoms in total. The quantitative estimate of drug-likeness (QED) is 0.516. The molecule has 1 heterocycles. The van der Waals surface area contributed by atoms with Gasteiger partial charge in [0.2, 0.25) is 0 Å². The molecule has 0 radical (unpaired) electrons. The second-order valence-electron chi connectivity index (χ2n) is 6.94. The van der Waals surface area contributed by atoms with Gasteiger partial charge in [0.1, 0.15) is 18.2 Å². The van der Waals surface area contributed by atoms with E-state index < -0.39 is 41.8 Å². The number of benzene rings is 2. The lowest BCUT2D eigenvalue weighted by Gasteiger charge is -2.26. The Morgan fingerprint density at radius 1 is 1.27 bits per heavy atom. The third-order valence-corrected chi connectivity index (χ3v) is 5.60. The van der Waals surface area contributed by atoms with Crippen LogP contribution >= 0.6 is 11.9 Å². The number of alkyl halides is 3. The van der Waals surface area contributed by atoms with Gasteiger partial charge in [-0.05, 0) is 56.3 Å². The van der Waals surface area contributed by atoms with E-state index in [9.17, 15) is 22.4 Å². The molecule has 2 aromatic carbocycles. The molecule has 0 bridgehead atoms. The number of hydrogen-bond donors (Lipinski definition) is 1. The predicted molar refractivity (Wildman–Crippen MR) is 106 cm³/mol. The van der Waals surface area contributed by atoms with Gasteiger partial charge in [0.15, 0.2) is 0 Å². The highest BCUT2D eigenvalue weighted by atomic mass is 32.2. The van der Waals surface area contributed by atoms with Crippen molar-refractivity contribution in [2.24, 2.45) is 5.92 Å². The Hall–Kier alpha value is -2.46. The fraction of sp³-hybridized carbons (Fsp3) is 0.350. The SMILES string of the molecule is CC(COc1cc2c(cc1C(F)(F)F)N(c1cccc(F)c1)CCN(C)S2)C(=O)O. The molecule has 3 rings (SSSR count). The normalized spacial score (nSPS) is 16.0. The van der Waals surface area contributed by atoms with E-state index in [4.69, 9.17) is 9.84 Å². The number of carboxylic acid groups (broad SMARTS) is 1. The van der Waals surface area contributed by atoms with Crippen LogP contribution in [-0.2, 0) is 11.0 Å². The van der Waals surface area contributed by atoms with Crippen molar-refractivity contribution in [1.29, 1.82) is 0 Å². The average Bonchev–Trinajstić information content (AvgIpc) is 2.82. The summed E-state index contributed by atoms with van der Waals surface area (Å²) in [6.45, 7) is 1.83. The molecule has 1 N–H and O–H groups in total. The zero-order chi connectivity index (χ0) is 22.1. The molecule has 0 aliphatic carbocycles. The van der Waals surface area contributed by atoms with Crippen LogP contribution in [0.2, 0.25) is 0 Å². The lowest BCUT2D eigenvalue weighted by atomic mass is 10.1. The summed E-state index contributed by atoms with van der Waals surface area (Å²) in [7, 11) is 1.80. The maximum atomic E-state index is 13.8. The van der Waals surface area contributed by atoms with Gasteiger partial charge in [0, 0.05) is 18.8 Å². The van der Waals surface area contributed by atoms with Crippen molar-refractivity contribution in [1.82, 2.24) is 4.31 Å². The maximum absolute atomic E-state index is 13.8. The lowest BCUT2D eigenvalue weighted by Crippen LogP contribution is -2.25. The Labute approximate surface area is 175 Å². The molecule has 1 aliphatic heterocycles. The minimum Gasteiger partial charge on any atom is -0.492 e. The standard InChI is InChI=1S/C20H20F4N2O3S/c1-12(19(27)28)11-29-17-10-18-16(9-15(17)20(22,23)24)26(7-6-25(2)30-18)14-5-3-4-13(21)8-14/h3-5,8-10,12H,6-7,11H2,1-2H3,(H,27,28). The van der Waals surface area contributed by atoms with Gasteiger partial charge in [0.05, 0.1) is 22.1 Å². The van der Waals surface area contributed by atoms with Crippen LogP contribution in [0.3, 0.4) is 0 Å². The summed E-state index contributed by atoms with van der Waals surface area (Å²) in [6, 6.07) is 7.92. The highest BCUT2D eigenvalue weighted by Crippen LogP contribution is 2.46. The summed E-state index contributed by atoms with van der Waals surface area (Å²) in [5, 5.41) is 8.99. The van der Waals surface area contributed by atoms with Crippen LogP contribution in [0, 0.1) is 11.7 Å². The van der Waals surface area contributed by atoms with E-state index in [2.05, 4.69) is 0 Å². The summed E-state index contributed by atoms with van der Waals surface area (Å²) >= 11 is 1.24. The number of carbonyl (C=O) groups is 1. The van der Waals surface area contributed by atoms with Crippen LogP contribution in [0.4, 0.5) is 28.9 Å². The Bertz CT molecular complexity index is 939. The van der Waals surface area contributed by atoms with Gasteiger partial charge in [-0.2, -0.15) is 13.2 Å². The number of rotatable bonds is 5. The van der Waals surface area contributed by atoms with Gasteiger partial charge in [0.25, 0.3) is 0 Å². The molecular formula is C20H20F4N2O3S. The van der Waals surface area contributed by atoms with Gasteiger partial charge < -0.3 is 14.7 Å². The summed E-state index contributed by atoms with van der Waals surface area (Å²) in [6.07, 6.45) is -4.71. The minimum absolute atomic E-state index is 0.279. The molecule has 2 aromatic rings. The third kappa shape index (κ3) is 4.99. The van der Waals surface area contributed by atoms with Crippen molar-refractivity contribution in [3.8, 4) is 5.75 Å². The molecule has 0 saturated carbocycles. The molecule has 1 atom stereocenters. The fourth-order valence-electron chi connectivity index (χ4n) is 2.95. The van der Waals surface area contributed by atoms with Crippen LogP contribution < -0.4 is 9.64 Å². The highest BCUT2D eigenvalue weighted by molar-refractivity contribution is 7.97. The largest absolute Gasteiger partial charge is 0.492 e. The number of likely N-dealkylation sites (N-methyl/N-ethyl adjacent to an activating group) is 1. The first-order chi connectivity index (χ1) is 14.1. The van der Waals surface area contributed by atoms with Gasteiger partial charge >= 0.3 is 12.1 Å². The summed E-state index contributed by atoms with van der Waals surface area (Å²) in [5.74, 6) is -3.05. The number of aliphatic carboxylic acids is 1. The second kappa shape index (κ2) is 8.73. The molecule has 1 unspecified atom stereocenters. The minimum atomic E-state index is -4.71. The summed E-state index contributed by atoms with van der Waals surface area (Å²) in [4.78, 5) is 13.1. The maximum Gasteiger partial charge on any atom is 0.420 e. The number of ether oxygens (including phenoxy) is 1. The van der Waals surface area contributed by atoms with Gasteiger partial charge in [-0.15, -0.1) is 0 Å². The number of fused-ring (bicyclic) bond motifs is 1. The Kier molecular flexibility index (Phi) is 6.47. The average molecular weight is 444 g/mol. The number of hydrogen-bond acceptors (Lipinski definition) is 5. The molecule has 0 amide bonds. The number of anilines is 2. The fourth-order valence-corrected chi connectivity index (χ4v) is 3.88. The topological polar surface area (TPSA) is 53.0 Å². The molecule has 1 aliphatic rings. The Morgan fingerprint density at radius 2 is 2.00 bits per heavy atom. The van der Waals surface area contributed by atoms with Crippen molar-refractivity contribution in [3.05, 3.63) is 47.8 Å². The van der Waals surface area contributed by atoms with E-state index >= 15 is 0 Å². The highest BCUT2D eigenvalue weighted by Gasteiger charge is 2.37. The molecule has 0 saturated heterocycles. The first kappa shape index (κ1) is 22.2. The third-order valence-electron chi connectivity index (χ3n) is 4.58. The van der Waals surface area contributed by atoms with Crippen LogP contribution in [0.15, 0.2) is 41.3 Å². The zero-order valence-corrected chi connectivity index (χ0v) is 17.1. The van der Waals surface area contributed by atoms with Crippen molar-refractivity contribution >= 4 is 29.3 Å². The Balaban J connectivity index is 2.10. The van der Waals surface area contributed by atoms with Crippen LogP contribution in [-0.4, -0.2) is 42.1 Å². The first-order valence-corrected chi connectivity index (χ1v) is 9.86. The summed E-state index contributed by atoms with van der Waals surface area (Å²) in [5.41, 5.74) is -0.292. The van der Waals surface area contributed by atoms with E-state index in [0.717, 1.165) is 6.07 Å². The first-order valence-electron chi connectivity index (χ1n) is 9.09. The van der Waals surface area contributed by atoms with E-state index in [1.54, 1.807) is 18.0 Å². The van der Waals surface area contributed by atoms with Gasteiger partial charge in [-0.25, -0.2) is 8.70 Å². The lowest BCUT2D eigenvalue weighted by molar-refractivity contribution is -0.142. The van der Waals surface area contributed by atoms with Crippen LogP contribution in [0.1, 0.15) is 12.5 Å². The molecular weight excluding hydrogens is 424 g/mol. The molecule has 0 fully saturated rings. The summed E-state index contributed by atoms with van der Waals surface area (Å²) < 4.78 is 62.2. The number of carboxylic acids is 1. The van der Waals surface area contributed by atoms with E-state index in [0.29, 0.717) is 23.7 Å². The van der Waals surface area contributed by atoms with Crippen molar-refractivity contribution < 1.29 is 32.2 Å². The molecule has 0 aromatic heterocycles. The van der Waals surface area contributed by atoms with Crippen molar-refractivity contribution in [2.45, 2.75) is 18.0 Å². The zero-order valence-electron chi connectivity index (χ0n) is 16.2. The Morgan fingerprint density at radius 3 is 2.63 bits per heavy atom. The van der Waals surface area contributed by atoms with Crippen molar-refractivity contribution in [2.75, 3.05) is 31.6 Å². The second-order valence-corrected chi connectivity index (χ2v) is 8.18. The van der Waals surface area contributed by atoms with Gasteiger partial charge in [-0.1, -0.05) is 6.07 Å². The van der Waals surface area contributed by atoms with Crippen molar-refractivity contribution in [3.63, 3.8) is 0 Å². The van der Waals surface area contributed by atoms with Crippen LogP contribution in [0.25, 0.3) is 0 Å². The van der Waals surface area contributed by atoms with Crippen LogP contribution in [0.5, 0.6) is 5.75 Å². The number of nitrogens with zero attached hydrogens (tertiary/aromatic N) is 2. The van der Waals surface area contributed by atoms with E-state index in [-0.39, 0.29) is 5.69 Å². The number of halogens is 4. The van der Waals surface area contributed by atoms with Gasteiger partial charge in [-0.3, -0.25) is 4.79 Å². The molecule has 10 heteroatoms. The molecule has 30 heavy (non-hydrogen) atoms. The van der Waals surface area contributed by atoms with E-state index in [1.807, 2.05) is 4.31 Å². The monoisotopic (exact) mass is 444 g/mol. The molecule has 0 spiro atoms. The van der Waals surface area contributed by atoms with E-state index in [1.165, 1.54) is 43.1 Å². The predicted octanol–water partition coefficient (Wildman–Crippen LogP) is 5.03. The molecule has 162 valence electrons.